The van der Waals surface area contributed by atoms with Crippen LogP contribution in [-0.2, 0) is 6.54 Å². The molecule has 0 saturated carbocycles. The molecule has 102 valence electrons. The van der Waals surface area contributed by atoms with E-state index < -0.39 is 0 Å². The zero-order chi connectivity index (χ0) is 13.5. The van der Waals surface area contributed by atoms with Gasteiger partial charge in [-0.15, -0.1) is 5.10 Å². The third kappa shape index (κ3) is 5.42. The lowest BCUT2D eigenvalue weighted by Gasteiger charge is -2.20. The third-order valence-electron chi connectivity index (χ3n) is 2.67. The largest absolute Gasteiger partial charge is 0.357 e. The molecule has 0 aromatic carbocycles. The van der Waals surface area contributed by atoms with Gasteiger partial charge in [0.15, 0.2) is 5.82 Å². The summed E-state index contributed by atoms with van der Waals surface area (Å²) in [7, 11) is 6.18. The van der Waals surface area contributed by atoms with Gasteiger partial charge in [0.05, 0.1) is 5.69 Å². The summed E-state index contributed by atoms with van der Waals surface area (Å²) in [5, 5.41) is 11.8. The molecule has 1 rings (SSSR count). The van der Waals surface area contributed by atoms with Crippen LogP contribution in [0.3, 0.4) is 0 Å². The van der Waals surface area contributed by atoms with Crippen LogP contribution in [0.2, 0.25) is 0 Å². The first-order valence-corrected chi connectivity index (χ1v) is 6.41. The molecule has 5 heteroatoms. The molecule has 0 saturated heterocycles. The standard InChI is InChI=1S/C13H25N5/c1-11(2)14-10-12-6-7-13(16-15-12)18(5)9-8-17(3)4/h6-7,11,14H,8-10H2,1-5H3. The molecule has 0 atom stereocenters. The minimum absolute atomic E-state index is 0.467. The Hall–Kier alpha value is -1.20. The minimum Gasteiger partial charge on any atom is -0.357 e. The van der Waals surface area contributed by atoms with Crippen molar-refractivity contribution in [3.05, 3.63) is 17.8 Å². The summed E-state index contributed by atoms with van der Waals surface area (Å²) in [5.41, 5.74) is 0.980. The van der Waals surface area contributed by atoms with E-state index in [-0.39, 0.29) is 0 Å². The third-order valence-corrected chi connectivity index (χ3v) is 2.67. The number of rotatable bonds is 7. The Morgan fingerprint density at radius 1 is 1.11 bits per heavy atom. The van der Waals surface area contributed by atoms with Crippen molar-refractivity contribution in [3.63, 3.8) is 0 Å². The van der Waals surface area contributed by atoms with Crippen molar-refractivity contribution >= 4 is 5.82 Å². The Bertz CT molecular complexity index is 334. The van der Waals surface area contributed by atoms with Crippen molar-refractivity contribution in [2.45, 2.75) is 26.4 Å². The first-order valence-electron chi connectivity index (χ1n) is 6.41. The van der Waals surface area contributed by atoms with Crippen molar-refractivity contribution in [1.29, 1.82) is 0 Å². The fraction of sp³-hybridized carbons (Fsp3) is 0.692. The average molecular weight is 251 g/mol. The monoisotopic (exact) mass is 251 g/mol. The van der Waals surface area contributed by atoms with Gasteiger partial charge >= 0.3 is 0 Å². The molecule has 0 bridgehead atoms. The van der Waals surface area contributed by atoms with Gasteiger partial charge in [0.2, 0.25) is 0 Å². The van der Waals surface area contributed by atoms with Gasteiger partial charge in [-0.25, -0.2) is 0 Å². The Balaban J connectivity index is 2.48. The van der Waals surface area contributed by atoms with E-state index >= 15 is 0 Å². The van der Waals surface area contributed by atoms with Crippen LogP contribution in [0.5, 0.6) is 0 Å². The van der Waals surface area contributed by atoms with Crippen LogP contribution in [0.15, 0.2) is 12.1 Å². The van der Waals surface area contributed by atoms with E-state index in [0.717, 1.165) is 31.1 Å². The smallest absolute Gasteiger partial charge is 0.151 e. The highest BCUT2D eigenvalue weighted by Crippen LogP contribution is 2.07. The van der Waals surface area contributed by atoms with Gasteiger partial charge < -0.3 is 15.1 Å². The van der Waals surface area contributed by atoms with Gasteiger partial charge in [0, 0.05) is 32.7 Å². The summed E-state index contributed by atoms with van der Waals surface area (Å²) >= 11 is 0. The predicted octanol–water partition coefficient (Wildman–Crippen LogP) is 0.972. The summed E-state index contributed by atoms with van der Waals surface area (Å²) in [6.07, 6.45) is 0. The summed E-state index contributed by atoms with van der Waals surface area (Å²) in [6.45, 7) is 6.97. The van der Waals surface area contributed by atoms with Gasteiger partial charge in [-0.1, -0.05) is 13.8 Å². The molecule has 0 aliphatic carbocycles. The van der Waals surface area contributed by atoms with Crippen LogP contribution in [0, 0.1) is 0 Å². The topological polar surface area (TPSA) is 44.3 Å². The van der Waals surface area contributed by atoms with Crippen LogP contribution >= 0.6 is 0 Å². The lowest BCUT2D eigenvalue weighted by Crippen LogP contribution is -2.29. The Morgan fingerprint density at radius 2 is 1.83 bits per heavy atom. The van der Waals surface area contributed by atoms with Crippen molar-refractivity contribution < 1.29 is 0 Å². The fourth-order valence-corrected chi connectivity index (χ4v) is 1.42. The molecule has 0 radical (unpaired) electrons. The maximum atomic E-state index is 4.25. The number of nitrogens with zero attached hydrogens (tertiary/aromatic N) is 4. The number of hydrogen-bond donors (Lipinski definition) is 1. The summed E-state index contributed by atoms with van der Waals surface area (Å²) in [6, 6.07) is 4.53. The number of hydrogen-bond acceptors (Lipinski definition) is 5. The second-order valence-electron chi connectivity index (χ2n) is 5.14. The average Bonchev–Trinajstić information content (AvgIpc) is 2.34. The van der Waals surface area contributed by atoms with Gasteiger partial charge in [-0.05, 0) is 26.2 Å². The molecule has 18 heavy (non-hydrogen) atoms. The summed E-state index contributed by atoms with van der Waals surface area (Å²) < 4.78 is 0. The van der Waals surface area contributed by atoms with Crippen molar-refractivity contribution in [3.8, 4) is 0 Å². The molecule has 1 aromatic heterocycles. The molecule has 0 aliphatic heterocycles. The number of aromatic nitrogens is 2. The maximum absolute atomic E-state index is 4.25. The zero-order valence-electron chi connectivity index (χ0n) is 12.1. The van der Waals surface area contributed by atoms with E-state index in [9.17, 15) is 0 Å². The van der Waals surface area contributed by atoms with Crippen molar-refractivity contribution in [2.24, 2.45) is 0 Å². The van der Waals surface area contributed by atoms with Crippen LogP contribution in [0.25, 0.3) is 0 Å². The molecular weight excluding hydrogens is 226 g/mol. The van der Waals surface area contributed by atoms with E-state index in [1.807, 2.05) is 19.2 Å². The fourth-order valence-electron chi connectivity index (χ4n) is 1.42. The molecule has 0 fully saturated rings. The molecule has 1 heterocycles. The van der Waals surface area contributed by atoms with Gasteiger partial charge in [0.25, 0.3) is 0 Å². The minimum atomic E-state index is 0.467. The second kappa shape index (κ2) is 7.28. The molecular formula is C13H25N5. The lowest BCUT2D eigenvalue weighted by atomic mass is 10.3. The highest BCUT2D eigenvalue weighted by molar-refractivity contribution is 5.35. The van der Waals surface area contributed by atoms with Crippen molar-refractivity contribution in [2.75, 3.05) is 39.1 Å². The molecule has 1 N–H and O–H groups in total. The quantitative estimate of drug-likeness (QED) is 0.782. The van der Waals surface area contributed by atoms with Crippen molar-refractivity contribution in [1.82, 2.24) is 20.4 Å². The molecule has 5 nitrogen and oxygen atoms in total. The lowest BCUT2D eigenvalue weighted by molar-refractivity contribution is 0.416. The first-order chi connectivity index (χ1) is 8.49. The maximum Gasteiger partial charge on any atom is 0.151 e. The number of anilines is 1. The van der Waals surface area contributed by atoms with E-state index in [2.05, 4.69) is 53.3 Å². The molecule has 0 aliphatic rings. The Morgan fingerprint density at radius 3 is 2.33 bits per heavy atom. The normalized spacial score (nSPS) is 11.3. The van der Waals surface area contributed by atoms with Crippen LogP contribution in [0.1, 0.15) is 19.5 Å². The van der Waals surface area contributed by atoms with Crippen LogP contribution in [-0.4, -0.2) is 55.4 Å². The number of nitrogens with one attached hydrogen (secondary N) is 1. The summed E-state index contributed by atoms with van der Waals surface area (Å²) in [4.78, 5) is 4.28. The van der Waals surface area contributed by atoms with E-state index in [1.54, 1.807) is 0 Å². The number of likely N-dealkylation sites (N-methyl/N-ethyl adjacent to an activating group) is 2. The first kappa shape index (κ1) is 14.9. The van der Waals surface area contributed by atoms with Gasteiger partial charge in [0.1, 0.15) is 0 Å². The van der Waals surface area contributed by atoms with Crippen LogP contribution < -0.4 is 10.2 Å². The zero-order valence-corrected chi connectivity index (χ0v) is 12.1. The molecule has 1 aromatic rings. The predicted molar refractivity (Wildman–Crippen MR) is 75.8 cm³/mol. The SMILES string of the molecule is CC(C)NCc1ccc(N(C)CCN(C)C)nn1. The Labute approximate surface area is 110 Å². The second-order valence-corrected chi connectivity index (χ2v) is 5.14. The van der Waals surface area contributed by atoms with E-state index in [4.69, 9.17) is 0 Å². The Kier molecular flexibility index (Phi) is 6.01. The summed E-state index contributed by atoms with van der Waals surface area (Å²) in [5.74, 6) is 0.921. The molecule has 0 amide bonds. The highest BCUT2D eigenvalue weighted by Gasteiger charge is 2.04. The highest BCUT2D eigenvalue weighted by atomic mass is 15.3. The van der Waals surface area contributed by atoms with E-state index in [1.165, 1.54) is 0 Å². The molecule has 0 unspecified atom stereocenters. The molecule has 0 spiro atoms. The van der Waals surface area contributed by atoms with Crippen LogP contribution in [0.4, 0.5) is 5.82 Å². The van der Waals surface area contributed by atoms with E-state index in [0.29, 0.717) is 6.04 Å². The van der Waals surface area contributed by atoms with Gasteiger partial charge in [-0.3, -0.25) is 0 Å². The van der Waals surface area contributed by atoms with Gasteiger partial charge in [-0.2, -0.15) is 5.10 Å².